The summed E-state index contributed by atoms with van der Waals surface area (Å²) in [6.45, 7) is 5.78. The summed E-state index contributed by atoms with van der Waals surface area (Å²) in [6.07, 6.45) is 7.08. The highest BCUT2D eigenvalue weighted by Gasteiger charge is 2.30. The average molecular weight is 227 g/mol. The lowest BCUT2D eigenvalue weighted by molar-refractivity contribution is -0.107. The number of hydrogen-bond donors (Lipinski definition) is 0. The third-order valence-corrected chi connectivity index (χ3v) is 3.09. The van der Waals surface area contributed by atoms with Crippen molar-refractivity contribution in [2.45, 2.75) is 19.8 Å². The van der Waals surface area contributed by atoms with Crippen LogP contribution in [0, 0.1) is 5.92 Å². The van der Waals surface area contributed by atoms with Gasteiger partial charge in [-0.15, -0.1) is 0 Å². The van der Waals surface area contributed by atoms with Crippen molar-refractivity contribution in [1.29, 1.82) is 0 Å². The van der Waals surface area contributed by atoms with Gasteiger partial charge in [-0.05, 0) is 37.3 Å². The van der Waals surface area contributed by atoms with Gasteiger partial charge < -0.3 is 0 Å². The summed E-state index contributed by atoms with van der Waals surface area (Å²) in [4.78, 5) is 13.1. The molecule has 2 heteroatoms. The van der Waals surface area contributed by atoms with Crippen LogP contribution in [0.3, 0.4) is 0 Å². The van der Waals surface area contributed by atoms with E-state index in [1.807, 2.05) is 37.3 Å². The molecular weight excluding hydrogens is 210 g/mol. The van der Waals surface area contributed by atoms with Crippen LogP contribution in [0.25, 0.3) is 6.08 Å². The van der Waals surface area contributed by atoms with Crippen molar-refractivity contribution in [2.24, 2.45) is 5.92 Å². The summed E-state index contributed by atoms with van der Waals surface area (Å²) in [5.41, 5.74) is 3.01. The van der Waals surface area contributed by atoms with E-state index in [0.717, 1.165) is 23.4 Å². The van der Waals surface area contributed by atoms with Gasteiger partial charge in [0.05, 0.1) is 5.69 Å². The van der Waals surface area contributed by atoms with Crippen LogP contribution in [0.15, 0.2) is 42.6 Å². The Bertz CT molecular complexity index is 458. The quantitative estimate of drug-likeness (QED) is 0.704. The van der Waals surface area contributed by atoms with Crippen molar-refractivity contribution in [3.05, 3.63) is 48.2 Å². The van der Waals surface area contributed by atoms with Crippen molar-refractivity contribution < 1.29 is 4.79 Å². The SMILES string of the molecule is C=Cc1ccccc1N(C=O)/C(=C/C)C1CC1. The van der Waals surface area contributed by atoms with E-state index in [0.29, 0.717) is 5.92 Å². The van der Waals surface area contributed by atoms with E-state index in [2.05, 4.69) is 6.58 Å². The number of hydrogen-bond acceptors (Lipinski definition) is 1. The number of rotatable bonds is 5. The normalized spacial score (nSPS) is 15.5. The molecule has 88 valence electrons. The van der Waals surface area contributed by atoms with Crippen molar-refractivity contribution >= 4 is 18.2 Å². The van der Waals surface area contributed by atoms with Crippen molar-refractivity contribution in [2.75, 3.05) is 4.90 Å². The van der Waals surface area contributed by atoms with Gasteiger partial charge in [0, 0.05) is 5.70 Å². The molecule has 1 aromatic rings. The second-order valence-corrected chi connectivity index (χ2v) is 4.23. The van der Waals surface area contributed by atoms with Crippen LogP contribution in [-0.2, 0) is 4.79 Å². The Morgan fingerprint density at radius 2 is 2.12 bits per heavy atom. The van der Waals surface area contributed by atoms with E-state index in [1.54, 1.807) is 11.0 Å². The molecule has 1 fully saturated rings. The van der Waals surface area contributed by atoms with E-state index in [9.17, 15) is 4.79 Å². The summed E-state index contributed by atoms with van der Waals surface area (Å²) in [5, 5.41) is 0. The summed E-state index contributed by atoms with van der Waals surface area (Å²) in [5.74, 6) is 0.545. The number of carbonyl (C=O) groups is 1. The molecule has 0 saturated heterocycles. The van der Waals surface area contributed by atoms with Gasteiger partial charge in [0.25, 0.3) is 0 Å². The summed E-state index contributed by atoms with van der Waals surface area (Å²) < 4.78 is 0. The lowest BCUT2D eigenvalue weighted by Gasteiger charge is -2.22. The van der Waals surface area contributed by atoms with Crippen molar-refractivity contribution in [1.82, 2.24) is 0 Å². The Labute approximate surface area is 102 Å². The molecule has 0 aliphatic heterocycles. The third kappa shape index (κ3) is 2.31. The third-order valence-electron chi connectivity index (χ3n) is 3.09. The van der Waals surface area contributed by atoms with Gasteiger partial charge in [0.2, 0.25) is 6.41 Å². The van der Waals surface area contributed by atoms with E-state index in [4.69, 9.17) is 0 Å². The second kappa shape index (κ2) is 5.00. The van der Waals surface area contributed by atoms with Gasteiger partial charge in [-0.25, -0.2) is 0 Å². The first-order valence-electron chi connectivity index (χ1n) is 5.94. The lowest BCUT2D eigenvalue weighted by Crippen LogP contribution is -2.22. The zero-order valence-corrected chi connectivity index (χ0v) is 10.1. The van der Waals surface area contributed by atoms with Crippen LogP contribution >= 0.6 is 0 Å². The maximum atomic E-state index is 11.4. The van der Waals surface area contributed by atoms with Crippen molar-refractivity contribution in [3.63, 3.8) is 0 Å². The Morgan fingerprint density at radius 1 is 1.41 bits per heavy atom. The number of anilines is 1. The molecule has 0 unspecified atom stereocenters. The molecule has 0 radical (unpaired) electrons. The van der Waals surface area contributed by atoms with Gasteiger partial charge in [-0.1, -0.05) is 36.9 Å². The number of carbonyl (C=O) groups excluding carboxylic acids is 1. The van der Waals surface area contributed by atoms with Gasteiger partial charge in [0.1, 0.15) is 0 Å². The molecular formula is C15H17NO. The molecule has 1 aliphatic rings. The molecule has 0 N–H and O–H groups in total. The summed E-state index contributed by atoms with van der Waals surface area (Å²) in [7, 11) is 0. The first kappa shape index (κ1) is 11.6. The standard InChI is InChI=1S/C15H17NO/c1-3-12-7-5-6-8-15(12)16(11-17)14(4-2)13-9-10-13/h3-8,11,13H,1,9-10H2,2H3/b14-4+. The Balaban J connectivity index is 2.40. The maximum Gasteiger partial charge on any atom is 0.218 e. The van der Waals surface area contributed by atoms with Crippen LogP contribution in [-0.4, -0.2) is 6.41 Å². The lowest BCUT2D eigenvalue weighted by atomic mass is 10.1. The smallest absolute Gasteiger partial charge is 0.218 e. The van der Waals surface area contributed by atoms with Gasteiger partial charge in [-0.2, -0.15) is 0 Å². The second-order valence-electron chi connectivity index (χ2n) is 4.23. The minimum atomic E-state index is 0.545. The number of benzene rings is 1. The van der Waals surface area contributed by atoms with Gasteiger partial charge in [-0.3, -0.25) is 9.69 Å². The number of para-hydroxylation sites is 1. The summed E-state index contributed by atoms with van der Waals surface area (Å²) >= 11 is 0. The van der Waals surface area contributed by atoms with Crippen LogP contribution in [0.1, 0.15) is 25.3 Å². The monoisotopic (exact) mass is 227 g/mol. The number of amides is 1. The van der Waals surface area contributed by atoms with Gasteiger partial charge >= 0.3 is 0 Å². The van der Waals surface area contributed by atoms with Crippen LogP contribution in [0.4, 0.5) is 5.69 Å². The maximum absolute atomic E-state index is 11.4. The first-order valence-corrected chi connectivity index (χ1v) is 5.94. The molecule has 1 saturated carbocycles. The molecule has 0 spiro atoms. The fraction of sp³-hybridized carbons (Fsp3) is 0.267. The van der Waals surface area contributed by atoms with E-state index < -0.39 is 0 Å². The zero-order valence-electron chi connectivity index (χ0n) is 10.1. The van der Waals surface area contributed by atoms with Crippen molar-refractivity contribution in [3.8, 4) is 0 Å². The average Bonchev–Trinajstić information content (AvgIpc) is 3.20. The predicted octanol–water partition coefficient (Wildman–Crippen LogP) is 3.61. The predicted molar refractivity (Wildman–Crippen MR) is 71.6 cm³/mol. The highest BCUT2D eigenvalue weighted by molar-refractivity contribution is 5.85. The molecule has 1 amide bonds. The number of allylic oxidation sites excluding steroid dienone is 2. The van der Waals surface area contributed by atoms with Crippen LogP contribution in [0.5, 0.6) is 0 Å². The van der Waals surface area contributed by atoms with Crippen LogP contribution in [0.2, 0.25) is 0 Å². The number of nitrogens with zero attached hydrogens (tertiary/aromatic N) is 1. The van der Waals surface area contributed by atoms with E-state index >= 15 is 0 Å². The Kier molecular flexibility index (Phi) is 3.43. The largest absolute Gasteiger partial charge is 0.287 e. The zero-order chi connectivity index (χ0) is 12.3. The summed E-state index contributed by atoms with van der Waals surface area (Å²) in [6, 6.07) is 7.82. The molecule has 0 atom stereocenters. The molecule has 1 aliphatic carbocycles. The highest BCUT2D eigenvalue weighted by atomic mass is 16.1. The minimum Gasteiger partial charge on any atom is -0.287 e. The molecule has 0 heterocycles. The molecule has 1 aromatic carbocycles. The topological polar surface area (TPSA) is 20.3 Å². The van der Waals surface area contributed by atoms with E-state index in [-0.39, 0.29) is 0 Å². The van der Waals surface area contributed by atoms with Gasteiger partial charge in [0.15, 0.2) is 0 Å². The fourth-order valence-corrected chi connectivity index (χ4v) is 2.09. The minimum absolute atomic E-state index is 0.545. The first-order chi connectivity index (χ1) is 8.31. The highest BCUT2D eigenvalue weighted by Crippen LogP contribution is 2.40. The van der Waals surface area contributed by atoms with Crippen LogP contribution < -0.4 is 4.90 Å². The molecule has 2 nitrogen and oxygen atoms in total. The Morgan fingerprint density at radius 3 is 2.65 bits per heavy atom. The fourth-order valence-electron chi connectivity index (χ4n) is 2.09. The molecule has 0 bridgehead atoms. The molecule has 17 heavy (non-hydrogen) atoms. The molecule has 2 rings (SSSR count). The Hall–Kier alpha value is -1.83. The van der Waals surface area contributed by atoms with E-state index in [1.165, 1.54) is 12.8 Å². The molecule has 0 aromatic heterocycles.